The number of carbonyl (C=O) groups excluding carboxylic acids is 1. The molecule has 0 aromatic heterocycles. The molecule has 7 heteroatoms. The first-order chi connectivity index (χ1) is 12.1. The van der Waals surface area contributed by atoms with Crippen LogP contribution in [-0.4, -0.2) is 86.9 Å². The third kappa shape index (κ3) is 5.07. The van der Waals surface area contributed by atoms with E-state index in [4.69, 9.17) is 9.47 Å². The van der Waals surface area contributed by atoms with Gasteiger partial charge in [-0.2, -0.15) is 0 Å². The molecule has 3 rings (SSSR count). The number of hydrogen-bond donors (Lipinski definition) is 1. The zero-order valence-electron chi connectivity index (χ0n) is 15.6. The SMILES string of the molecule is CN(C)C(=O)CN=C(NC1CCCC1)N1CCOC(C2CCCO2)C1. The van der Waals surface area contributed by atoms with Crippen molar-refractivity contribution < 1.29 is 14.3 Å². The highest BCUT2D eigenvalue weighted by Gasteiger charge is 2.33. The van der Waals surface area contributed by atoms with E-state index >= 15 is 0 Å². The Balaban J connectivity index is 1.65. The van der Waals surface area contributed by atoms with E-state index in [0.29, 0.717) is 12.6 Å². The minimum absolute atomic E-state index is 0.0228. The van der Waals surface area contributed by atoms with Crippen LogP contribution >= 0.6 is 0 Å². The van der Waals surface area contributed by atoms with Gasteiger partial charge in [-0.1, -0.05) is 12.8 Å². The van der Waals surface area contributed by atoms with Crippen LogP contribution in [0, 0.1) is 0 Å². The highest BCUT2D eigenvalue weighted by Crippen LogP contribution is 2.22. The van der Waals surface area contributed by atoms with Crippen molar-refractivity contribution in [2.24, 2.45) is 4.99 Å². The van der Waals surface area contributed by atoms with Gasteiger partial charge < -0.3 is 24.6 Å². The van der Waals surface area contributed by atoms with Crippen molar-refractivity contribution in [3.05, 3.63) is 0 Å². The lowest BCUT2D eigenvalue weighted by Gasteiger charge is -2.38. The fraction of sp³-hybridized carbons (Fsp3) is 0.889. The lowest BCUT2D eigenvalue weighted by molar-refractivity contribution is -0.127. The Morgan fingerprint density at radius 2 is 1.88 bits per heavy atom. The van der Waals surface area contributed by atoms with Crippen LogP contribution in [-0.2, 0) is 14.3 Å². The summed E-state index contributed by atoms with van der Waals surface area (Å²) in [5, 5.41) is 3.60. The highest BCUT2D eigenvalue weighted by molar-refractivity contribution is 5.85. The molecule has 142 valence electrons. The molecule has 2 saturated heterocycles. The molecule has 25 heavy (non-hydrogen) atoms. The number of ether oxygens (including phenoxy) is 2. The molecule has 1 N–H and O–H groups in total. The molecule has 0 aromatic carbocycles. The summed E-state index contributed by atoms with van der Waals surface area (Å²) < 4.78 is 11.8. The fourth-order valence-electron chi connectivity index (χ4n) is 3.76. The van der Waals surface area contributed by atoms with Gasteiger partial charge in [-0.05, 0) is 25.7 Å². The van der Waals surface area contributed by atoms with E-state index in [1.165, 1.54) is 25.7 Å². The first-order valence-corrected chi connectivity index (χ1v) is 9.63. The highest BCUT2D eigenvalue weighted by atomic mass is 16.5. The largest absolute Gasteiger partial charge is 0.375 e. The van der Waals surface area contributed by atoms with Gasteiger partial charge in [-0.3, -0.25) is 4.79 Å². The number of hydrogen-bond acceptors (Lipinski definition) is 4. The van der Waals surface area contributed by atoms with Crippen molar-refractivity contribution in [1.29, 1.82) is 0 Å². The van der Waals surface area contributed by atoms with Crippen LogP contribution in [0.2, 0.25) is 0 Å². The summed E-state index contributed by atoms with van der Waals surface area (Å²) in [6.07, 6.45) is 7.37. The summed E-state index contributed by atoms with van der Waals surface area (Å²) in [6.45, 7) is 3.28. The number of nitrogens with zero attached hydrogens (tertiary/aromatic N) is 3. The van der Waals surface area contributed by atoms with Crippen LogP contribution in [0.1, 0.15) is 38.5 Å². The molecule has 0 aromatic rings. The summed E-state index contributed by atoms with van der Waals surface area (Å²) >= 11 is 0. The average Bonchev–Trinajstić information content (AvgIpc) is 3.31. The van der Waals surface area contributed by atoms with Gasteiger partial charge >= 0.3 is 0 Å². The third-order valence-electron chi connectivity index (χ3n) is 5.32. The van der Waals surface area contributed by atoms with E-state index in [1.54, 1.807) is 19.0 Å². The van der Waals surface area contributed by atoms with E-state index < -0.39 is 0 Å². The Morgan fingerprint density at radius 3 is 2.56 bits per heavy atom. The van der Waals surface area contributed by atoms with Crippen LogP contribution in [0.3, 0.4) is 0 Å². The van der Waals surface area contributed by atoms with E-state index in [0.717, 1.165) is 38.5 Å². The van der Waals surface area contributed by atoms with E-state index in [-0.39, 0.29) is 24.7 Å². The maximum absolute atomic E-state index is 12.0. The second kappa shape index (κ2) is 8.85. The molecule has 1 amide bonds. The normalized spacial score (nSPS) is 28.4. The van der Waals surface area contributed by atoms with Crippen LogP contribution < -0.4 is 5.32 Å². The standard InChI is InChI=1S/C18H32N4O3/c1-21(2)17(23)12-19-18(20-14-6-3-4-7-14)22-9-11-25-16(13-22)15-8-5-10-24-15/h14-16H,3-13H2,1-2H3,(H,19,20). The maximum Gasteiger partial charge on any atom is 0.243 e. The minimum Gasteiger partial charge on any atom is -0.375 e. The second-order valence-electron chi connectivity index (χ2n) is 7.46. The molecule has 7 nitrogen and oxygen atoms in total. The van der Waals surface area contributed by atoms with Crippen LogP contribution in [0.25, 0.3) is 0 Å². The number of carbonyl (C=O) groups is 1. The molecular formula is C18H32N4O3. The van der Waals surface area contributed by atoms with E-state index in [1.807, 2.05) is 0 Å². The average molecular weight is 352 g/mol. The predicted octanol–water partition coefficient (Wildman–Crippen LogP) is 0.843. The lowest BCUT2D eigenvalue weighted by atomic mass is 10.1. The quantitative estimate of drug-likeness (QED) is 0.600. The van der Waals surface area contributed by atoms with Gasteiger partial charge in [0.1, 0.15) is 12.6 Å². The number of guanidine groups is 1. The summed E-state index contributed by atoms with van der Waals surface area (Å²) in [5.74, 6) is 0.878. The molecule has 0 spiro atoms. The molecule has 2 heterocycles. The Kier molecular flexibility index (Phi) is 6.53. The molecule has 2 unspecified atom stereocenters. The lowest BCUT2D eigenvalue weighted by Crippen LogP contribution is -2.54. The Hall–Kier alpha value is -1.34. The molecule has 3 fully saturated rings. The summed E-state index contributed by atoms with van der Waals surface area (Å²) in [7, 11) is 3.54. The summed E-state index contributed by atoms with van der Waals surface area (Å²) in [4.78, 5) is 20.4. The zero-order valence-corrected chi connectivity index (χ0v) is 15.6. The van der Waals surface area contributed by atoms with Gasteiger partial charge in [0.25, 0.3) is 0 Å². The number of amides is 1. The number of nitrogens with one attached hydrogen (secondary N) is 1. The van der Waals surface area contributed by atoms with Crippen molar-refractivity contribution in [2.45, 2.75) is 56.8 Å². The monoisotopic (exact) mass is 352 g/mol. The molecule has 2 atom stereocenters. The number of aliphatic imine (C=N–C) groups is 1. The maximum atomic E-state index is 12.0. The van der Waals surface area contributed by atoms with Gasteiger partial charge in [0.05, 0.1) is 12.7 Å². The first-order valence-electron chi connectivity index (χ1n) is 9.63. The molecule has 1 aliphatic carbocycles. The van der Waals surface area contributed by atoms with Gasteiger partial charge in [-0.25, -0.2) is 4.99 Å². The van der Waals surface area contributed by atoms with Crippen molar-refractivity contribution in [1.82, 2.24) is 15.1 Å². The number of likely N-dealkylation sites (N-methyl/N-ethyl adjacent to an activating group) is 1. The van der Waals surface area contributed by atoms with Crippen molar-refractivity contribution in [3.8, 4) is 0 Å². The molecule has 0 bridgehead atoms. The van der Waals surface area contributed by atoms with Gasteiger partial charge in [0, 0.05) is 39.8 Å². The second-order valence-corrected chi connectivity index (χ2v) is 7.46. The van der Waals surface area contributed by atoms with Gasteiger partial charge in [0.15, 0.2) is 5.96 Å². The zero-order chi connectivity index (χ0) is 17.6. The smallest absolute Gasteiger partial charge is 0.243 e. The van der Waals surface area contributed by atoms with Gasteiger partial charge in [0.2, 0.25) is 5.91 Å². The first kappa shape index (κ1) is 18.5. The third-order valence-corrected chi connectivity index (χ3v) is 5.32. The van der Waals surface area contributed by atoms with E-state index in [2.05, 4.69) is 15.2 Å². The topological polar surface area (TPSA) is 66.4 Å². The summed E-state index contributed by atoms with van der Waals surface area (Å²) in [6, 6.07) is 0.470. The van der Waals surface area contributed by atoms with E-state index in [9.17, 15) is 4.79 Å². The minimum atomic E-state index is 0.0228. The summed E-state index contributed by atoms with van der Waals surface area (Å²) in [5.41, 5.74) is 0. The number of rotatable bonds is 4. The molecule has 1 saturated carbocycles. The molecule has 0 radical (unpaired) electrons. The Bertz CT molecular complexity index is 471. The van der Waals surface area contributed by atoms with Crippen molar-refractivity contribution in [2.75, 3.05) is 46.9 Å². The van der Waals surface area contributed by atoms with Crippen molar-refractivity contribution in [3.63, 3.8) is 0 Å². The Morgan fingerprint density at radius 1 is 1.12 bits per heavy atom. The molecular weight excluding hydrogens is 320 g/mol. The Labute approximate surface area is 150 Å². The van der Waals surface area contributed by atoms with Gasteiger partial charge in [-0.15, -0.1) is 0 Å². The fourth-order valence-corrected chi connectivity index (χ4v) is 3.76. The van der Waals surface area contributed by atoms with Crippen LogP contribution in [0.5, 0.6) is 0 Å². The molecule has 2 aliphatic heterocycles. The number of morpholine rings is 1. The predicted molar refractivity (Wildman–Crippen MR) is 96.7 cm³/mol. The van der Waals surface area contributed by atoms with Crippen LogP contribution in [0.15, 0.2) is 4.99 Å². The molecule has 3 aliphatic rings. The van der Waals surface area contributed by atoms with Crippen molar-refractivity contribution >= 4 is 11.9 Å². The van der Waals surface area contributed by atoms with Crippen LogP contribution in [0.4, 0.5) is 0 Å².